The van der Waals surface area contributed by atoms with Crippen LogP contribution in [0.5, 0.6) is 11.5 Å². The lowest BCUT2D eigenvalue weighted by Gasteiger charge is -2.34. The highest BCUT2D eigenvalue weighted by Crippen LogP contribution is 2.33. The Morgan fingerprint density at radius 3 is 2.14 bits per heavy atom. The quantitative estimate of drug-likeness (QED) is 0.140. The molecule has 0 aliphatic heterocycles. The van der Waals surface area contributed by atoms with Crippen molar-refractivity contribution in [1.82, 2.24) is 10.2 Å². The summed E-state index contributed by atoms with van der Waals surface area (Å²) in [6.07, 6.45) is 1.71. The fourth-order valence-electron chi connectivity index (χ4n) is 5.60. The van der Waals surface area contributed by atoms with Crippen LogP contribution in [0, 0.1) is 19.7 Å². The molecule has 0 unspecified atom stereocenters. The first-order valence-corrected chi connectivity index (χ1v) is 17.6. The minimum atomic E-state index is -4.40. The molecule has 0 aliphatic carbocycles. The summed E-state index contributed by atoms with van der Waals surface area (Å²) < 4.78 is 55.8. The molecule has 4 aromatic rings. The van der Waals surface area contributed by atoms with Crippen molar-refractivity contribution in [3.63, 3.8) is 0 Å². The summed E-state index contributed by atoms with van der Waals surface area (Å²) in [5, 5.41) is 2.93. The van der Waals surface area contributed by atoms with Gasteiger partial charge in [-0.25, -0.2) is 12.8 Å². The number of ether oxygens (including phenoxy) is 2. The molecule has 0 saturated heterocycles. The number of methoxy groups -OCH3 is 2. The van der Waals surface area contributed by atoms with Crippen LogP contribution < -0.4 is 19.1 Å². The largest absolute Gasteiger partial charge is 0.493 e. The van der Waals surface area contributed by atoms with E-state index in [0.29, 0.717) is 12.3 Å². The molecule has 9 nitrogen and oxygen atoms in total. The molecule has 1 N–H and O–H groups in total. The molecule has 0 fully saturated rings. The van der Waals surface area contributed by atoms with Crippen LogP contribution in [-0.2, 0) is 32.6 Å². The minimum absolute atomic E-state index is 0.129. The van der Waals surface area contributed by atoms with Gasteiger partial charge >= 0.3 is 0 Å². The molecule has 260 valence electrons. The van der Waals surface area contributed by atoms with Gasteiger partial charge in [0.25, 0.3) is 10.0 Å². The number of carbonyl (C=O) groups is 2. The molecule has 1 atom stereocenters. The van der Waals surface area contributed by atoms with Crippen LogP contribution in [0.25, 0.3) is 0 Å². The Hall–Kier alpha value is -4.90. The average molecular weight is 690 g/mol. The summed E-state index contributed by atoms with van der Waals surface area (Å²) in [6.45, 7) is 5.14. The first kappa shape index (κ1) is 36.9. The Morgan fingerprint density at radius 1 is 0.857 bits per heavy atom. The Labute approximate surface area is 288 Å². The van der Waals surface area contributed by atoms with Gasteiger partial charge in [-0.15, -0.1) is 0 Å². The van der Waals surface area contributed by atoms with E-state index < -0.39 is 40.2 Å². The Kier molecular flexibility index (Phi) is 12.8. The number of amides is 2. The number of carbonyl (C=O) groups excluding carboxylic acids is 2. The van der Waals surface area contributed by atoms with Gasteiger partial charge in [0.05, 0.1) is 24.8 Å². The zero-order chi connectivity index (χ0) is 35.6. The normalized spacial score (nSPS) is 11.8. The Balaban J connectivity index is 1.85. The van der Waals surface area contributed by atoms with Crippen LogP contribution >= 0.6 is 0 Å². The molecule has 0 heterocycles. The van der Waals surface area contributed by atoms with Crippen molar-refractivity contribution in [2.24, 2.45) is 0 Å². The third-order valence-electron chi connectivity index (χ3n) is 8.12. The summed E-state index contributed by atoms with van der Waals surface area (Å²) >= 11 is 0. The van der Waals surface area contributed by atoms with Crippen molar-refractivity contribution in [3.05, 3.63) is 119 Å². The standard InChI is InChI=1S/C38H44FN3O6S/c1-6-7-19-40-38(44)34(23-29-13-9-8-10-14-29)41(25-30-15-11-12-16-33(30)39)37(43)26-42(31-21-27(2)20-28(3)22-31)49(45,46)32-17-18-35(47-4)36(24-32)48-5/h8-18,20-22,24,34H,6-7,19,23,25-26H2,1-5H3,(H,40,44)/t34-/m1/s1. The lowest BCUT2D eigenvalue weighted by Crippen LogP contribution is -2.53. The van der Waals surface area contributed by atoms with Crippen molar-refractivity contribution in [1.29, 1.82) is 0 Å². The van der Waals surface area contributed by atoms with Gasteiger partial charge in [0.2, 0.25) is 11.8 Å². The second kappa shape index (κ2) is 17.0. The predicted molar refractivity (Wildman–Crippen MR) is 189 cm³/mol. The number of benzene rings is 4. The van der Waals surface area contributed by atoms with Crippen LogP contribution in [0.3, 0.4) is 0 Å². The Bertz CT molecular complexity index is 1830. The lowest BCUT2D eigenvalue weighted by molar-refractivity contribution is -0.140. The van der Waals surface area contributed by atoms with E-state index in [-0.39, 0.29) is 34.9 Å². The van der Waals surface area contributed by atoms with E-state index in [0.717, 1.165) is 33.8 Å². The summed E-state index contributed by atoms with van der Waals surface area (Å²) in [7, 11) is -1.55. The molecule has 4 aromatic carbocycles. The molecule has 0 aliphatic rings. The molecule has 0 bridgehead atoms. The highest BCUT2D eigenvalue weighted by molar-refractivity contribution is 7.92. The van der Waals surface area contributed by atoms with Crippen LogP contribution in [0.4, 0.5) is 10.1 Å². The minimum Gasteiger partial charge on any atom is -0.493 e. The SMILES string of the molecule is CCCCNC(=O)[C@@H](Cc1ccccc1)N(Cc1ccccc1F)C(=O)CN(c1cc(C)cc(C)c1)S(=O)(=O)c1ccc(OC)c(OC)c1. The van der Waals surface area contributed by atoms with Crippen LogP contribution in [0.15, 0.2) is 95.9 Å². The molecule has 49 heavy (non-hydrogen) atoms. The van der Waals surface area contributed by atoms with Crippen molar-refractivity contribution in [2.45, 2.75) is 57.5 Å². The van der Waals surface area contributed by atoms with Crippen molar-refractivity contribution >= 4 is 27.5 Å². The molecule has 0 aromatic heterocycles. The molecule has 11 heteroatoms. The fraction of sp³-hybridized carbons (Fsp3) is 0.316. The van der Waals surface area contributed by atoms with Gasteiger partial charge in [0, 0.05) is 31.1 Å². The average Bonchev–Trinajstić information content (AvgIpc) is 3.09. The number of unbranched alkanes of at least 4 members (excludes halogenated alkanes) is 1. The predicted octanol–water partition coefficient (Wildman–Crippen LogP) is 6.21. The first-order chi connectivity index (χ1) is 23.5. The molecule has 4 rings (SSSR count). The molecule has 0 saturated carbocycles. The molecule has 0 spiro atoms. The van der Waals surface area contributed by atoms with E-state index in [1.165, 1.54) is 43.4 Å². The third kappa shape index (κ3) is 9.38. The van der Waals surface area contributed by atoms with E-state index in [4.69, 9.17) is 9.47 Å². The molecule has 0 radical (unpaired) electrons. The van der Waals surface area contributed by atoms with Gasteiger partial charge in [0.1, 0.15) is 18.4 Å². The summed E-state index contributed by atoms with van der Waals surface area (Å²) in [6, 6.07) is 23.6. The number of rotatable bonds is 16. The maximum absolute atomic E-state index is 15.1. The van der Waals surface area contributed by atoms with Crippen molar-refractivity contribution in [2.75, 3.05) is 31.6 Å². The summed E-state index contributed by atoms with van der Waals surface area (Å²) in [5.41, 5.74) is 2.81. The zero-order valence-electron chi connectivity index (χ0n) is 28.6. The molecule has 2 amide bonds. The highest BCUT2D eigenvalue weighted by Gasteiger charge is 2.35. The van der Waals surface area contributed by atoms with E-state index in [1.807, 2.05) is 57.2 Å². The van der Waals surface area contributed by atoms with Gasteiger partial charge in [-0.3, -0.25) is 13.9 Å². The van der Waals surface area contributed by atoms with Crippen LogP contribution in [-0.4, -0.2) is 58.5 Å². The van der Waals surface area contributed by atoms with Crippen LogP contribution in [0.2, 0.25) is 0 Å². The Morgan fingerprint density at radius 2 is 1.51 bits per heavy atom. The maximum atomic E-state index is 15.1. The number of sulfonamides is 1. The second-order valence-corrected chi connectivity index (χ2v) is 13.7. The number of aryl methyl sites for hydroxylation is 2. The van der Waals surface area contributed by atoms with Gasteiger partial charge in [-0.2, -0.15) is 0 Å². The van der Waals surface area contributed by atoms with E-state index >= 15 is 4.39 Å². The van der Waals surface area contributed by atoms with E-state index in [9.17, 15) is 18.0 Å². The monoisotopic (exact) mass is 689 g/mol. The third-order valence-corrected chi connectivity index (χ3v) is 9.89. The number of nitrogens with one attached hydrogen (secondary N) is 1. The number of hydrogen-bond acceptors (Lipinski definition) is 6. The fourth-order valence-corrected chi connectivity index (χ4v) is 7.01. The lowest BCUT2D eigenvalue weighted by atomic mass is 10.0. The van der Waals surface area contributed by atoms with Crippen LogP contribution in [0.1, 0.15) is 42.0 Å². The first-order valence-electron chi connectivity index (χ1n) is 16.2. The zero-order valence-corrected chi connectivity index (χ0v) is 29.4. The molecular weight excluding hydrogens is 645 g/mol. The highest BCUT2D eigenvalue weighted by atomic mass is 32.2. The van der Waals surface area contributed by atoms with Gasteiger partial charge in [-0.05, 0) is 67.3 Å². The summed E-state index contributed by atoms with van der Waals surface area (Å²) in [5.74, 6) is -1.11. The van der Waals surface area contributed by atoms with Gasteiger partial charge in [0.15, 0.2) is 11.5 Å². The summed E-state index contributed by atoms with van der Waals surface area (Å²) in [4.78, 5) is 29.7. The van der Waals surface area contributed by atoms with Crippen molar-refractivity contribution in [3.8, 4) is 11.5 Å². The smallest absolute Gasteiger partial charge is 0.264 e. The van der Waals surface area contributed by atoms with E-state index in [2.05, 4.69) is 5.32 Å². The topological polar surface area (TPSA) is 105 Å². The van der Waals surface area contributed by atoms with Gasteiger partial charge in [-0.1, -0.05) is 67.9 Å². The van der Waals surface area contributed by atoms with E-state index in [1.54, 1.807) is 30.3 Å². The molecular formula is C38H44FN3O6S. The number of nitrogens with zero attached hydrogens (tertiary/aromatic N) is 2. The maximum Gasteiger partial charge on any atom is 0.264 e. The number of anilines is 1. The number of hydrogen-bond donors (Lipinski definition) is 1. The van der Waals surface area contributed by atoms with Gasteiger partial charge < -0.3 is 19.7 Å². The van der Waals surface area contributed by atoms with Crippen molar-refractivity contribution < 1.29 is 31.9 Å². The number of halogens is 1. The second-order valence-electron chi connectivity index (χ2n) is 11.8.